The van der Waals surface area contributed by atoms with Crippen LogP contribution in [0.25, 0.3) is 0 Å². The highest BCUT2D eigenvalue weighted by Gasteiger charge is 2.35. The molecule has 1 fully saturated rings. The molecule has 0 saturated carbocycles. The Labute approximate surface area is 169 Å². The van der Waals surface area contributed by atoms with Crippen LogP contribution in [0.2, 0.25) is 0 Å². The van der Waals surface area contributed by atoms with Crippen LogP contribution in [0.5, 0.6) is 5.75 Å². The average molecular weight is 417 g/mol. The van der Waals surface area contributed by atoms with Gasteiger partial charge in [0.15, 0.2) is 0 Å². The van der Waals surface area contributed by atoms with Crippen LogP contribution in [0.3, 0.4) is 0 Å². The van der Waals surface area contributed by atoms with Gasteiger partial charge in [-0.25, -0.2) is 8.42 Å². The molecule has 2 N–H and O–H groups in total. The average Bonchev–Trinajstić information content (AvgIpc) is 3.22. The van der Waals surface area contributed by atoms with Crippen molar-refractivity contribution in [2.75, 3.05) is 25.5 Å². The summed E-state index contributed by atoms with van der Waals surface area (Å²) in [6, 6.07) is 14.4. The second kappa shape index (κ2) is 9.06. The number of ether oxygens (including phenoxy) is 1. The highest BCUT2D eigenvalue weighted by molar-refractivity contribution is 7.89. The van der Waals surface area contributed by atoms with E-state index in [2.05, 4.69) is 10.6 Å². The lowest BCUT2D eigenvalue weighted by molar-refractivity contribution is -0.136. The molecule has 0 radical (unpaired) electrons. The molecule has 29 heavy (non-hydrogen) atoms. The molecular formula is C20H23N3O5S. The Morgan fingerprint density at radius 2 is 1.76 bits per heavy atom. The maximum absolute atomic E-state index is 13.0. The van der Waals surface area contributed by atoms with Crippen LogP contribution in [0.4, 0.5) is 5.69 Å². The van der Waals surface area contributed by atoms with Crippen molar-refractivity contribution < 1.29 is 22.7 Å². The van der Waals surface area contributed by atoms with E-state index >= 15 is 0 Å². The highest BCUT2D eigenvalue weighted by Crippen LogP contribution is 2.26. The molecule has 0 aliphatic carbocycles. The van der Waals surface area contributed by atoms with Gasteiger partial charge in [0.1, 0.15) is 5.75 Å². The first kappa shape index (κ1) is 20.8. The van der Waals surface area contributed by atoms with Crippen LogP contribution >= 0.6 is 0 Å². The van der Waals surface area contributed by atoms with E-state index in [1.54, 1.807) is 42.5 Å². The van der Waals surface area contributed by atoms with Crippen molar-refractivity contribution in [3.8, 4) is 5.75 Å². The Balaban J connectivity index is 1.61. The van der Waals surface area contributed by atoms with Gasteiger partial charge in [-0.05, 0) is 49.2 Å². The number of carbonyl (C=O) groups excluding carboxylic acids is 2. The van der Waals surface area contributed by atoms with Gasteiger partial charge in [-0.1, -0.05) is 18.2 Å². The predicted molar refractivity (Wildman–Crippen MR) is 108 cm³/mol. The molecule has 154 valence electrons. The lowest BCUT2D eigenvalue weighted by Gasteiger charge is -2.24. The van der Waals surface area contributed by atoms with Crippen molar-refractivity contribution in [1.82, 2.24) is 9.62 Å². The number of sulfonamides is 1. The van der Waals surface area contributed by atoms with E-state index in [0.717, 1.165) is 0 Å². The fourth-order valence-corrected chi connectivity index (χ4v) is 4.91. The Bertz CT molecular complexity index is 961. The van der Waals surface area contributed by atoms with Crippen LogP contribution < -0.4 is 15.4 Å². The summed E-state index contributed by atoms with van der Waals surface area (Å²) in [6.07, 6.45) is 1.29. The first-order chi connectivity index (χ1) is 13.9. The maximum atomic E-state index is 13.0. The molecule has 1 saturated heterocycles. The van der Waals surface area contributed by atoms with Gasteiger partial charge in [0.05, 0.1) is 12.0 Å². The standard InChI is InChI=1S/C20H23N3O5S/c1-28-17-9-11-18(12-10-17)29(26,27)23-13-5-8-16(23)14-21-19(24)20(25)22-15-6-3-2-4-7-15/h2-4,6-7,9-12,16H,5,8,13-14H2,1H3,(H,21,24)(H,22,25)/t16-/m0/s1. The van der Waals surface area contributed by atoms with Crippen molar-refractivity contribution >= 4 is 27.5 Å². The summed E-state index contributed by atoms with van der Waals surface area (Å²) in [5, 5.41) is 5.04. The summed E-state index contributed by atoms with van der Waals surface area (Å²) in [5.74, 6) is -1.03. The lowest BCUT2D eigenvalue weighted by atomic mass is 10.2. The van der Waals surface area contributed by atoms with Crippen molar-refractivity contribution in [3.05, 3.63) is 54.6 Å². The normalized spacial score (nSPS) is 16.9. The van der Waals surface area contributed by atoms with E-state index in [4.69, 9.17) is 4.74 Å². The van der Waals surface area contributed by atoms with Gasteiger partial charge in [-0.2, -0.15) is 4.31 Å². The number of hydrogen-bond acceptors (Lipinski definition) is 5. The molecule has 8 nitrogen and oxygen atoms in total. The maximum Gasteiger partial charge on any atom is 0.313 e. The Kier molecular flexibility index (Phi) is 6.50. The number of carbonyl (C=O) groups is 2. The number of para-hydroxylation sites is 1. The number of rotatable bonds is 6. The molecule has 0 bridgehead atoms. The molecule has 3 rings (SSSR count). The van der Waals surface area contributed by atoms with Crippen molar-refractivity contribution in [1.29, 1.82) is 0 Å². The zero-order valence-electron chi connectivity index (χ0n) is 16.0. The van der Waals surface area contributed by atoms with Gasteiger partial charge < -0.3 is 15.4 Å². The van der Waals surface area contributed by atoms with Crippen LogP contribution in [0, 0.1) is 0 Å². The van der Waals surface area contributed by atoms with Crippen LogP contribution in [-0.2, 0) is 19.6 Å². The molecule has 2 amide bonds. The molecule has 1 aliphatic heterocycles. The fourth-order valence-electron chi connectivity index (χ4n) is 3.21. The van der Waals surface area contributed by atoms with E-state index in [1.165, 1.54) is 23.5 Å². The summed E-state index contributed by atoms with van der Waals surface area (Å²) in [7, 11) is -2.19. The van der Waals surface area contributed by atoms with Gasteiger partial charge in [-0.3, -0.25) is 9.59 Å². The van der Waals surface area contributed by atoms with E-state index in [9.17, 15) is 18.0 Å². The van der Waals surface area contributed by atoms with Crippen LogP contribution in [0.1, 0.15) is 12.8 Å². The number of anilines is 1. The van der Waals surface area contributed by atoms with E-state index < -0.39 is 27.9 Å². The number of benzene rings is 2. The molecule has 0 aromatic heterocycles. The summed E-state index contributed by atoms with van der Waals surface area (Å²) < 4.78 is 32.4. The minimum atomic E-state index is -3.70. The zero-order valence-corrected chi connectivity index (χ0v) is 16.8. The Morgan fingerprint density at radius 1 is 1.07 bits per heavy atom. The summed E-state index contributed by atoms with van der Waals surface area (Å²) in [4.78, 5) is 24.3. The second-order valence-electron chi connectivity index (χ2n) is 6.62. The highest BCUT2D eigenvalue weighted by atomic mass is 32.2. The van der Waals surface area contributed by atoms with E-state index in [1.807, 2.05) is 0 Å². The molecule has 1 atom stereocenters. The van der Waals surface area contributed by atoms with Crippen LogP contribution in [-0.4, -0.2) is 50.8 Å². The second-order valence-corrected chi connectivity index (χ2v) is 8.51. The molecule has 9 heteroatoms. The third-order valence-electron chi connectivity index (χ3n) is 4.73. The largest absolute Gasteiger partial charge is 0.497 e. The third kappa shape index (κ3) is 4.93. The smallest absolute Gasteiger partial charge is 0.313 e. The lowest BCUT2D eigenvalue weighted by Crippen LogP contribution is -2.45. The number of amides is 2. The van der Waals surface area contributed by atoms with Gasteiger partial charge in [0.2, 0.25) is 10.0 Å². The molecule has 1 aliphatic rings. The van der Waals surface area contributed by atoms with Gasteiger partial charge in [-0.15, -0.1) is 0 Å². The van der Waals surface area contributed by atoms with Gasteiger partial charge in [0.25, 0.3) is 0 Å². The Morgan fingerprint density at radius 3 is 2.41 bits per heavy atom. The predicted octanol–water partition coefficient (Wildman–Crippen LogP) is 1.60. The Hall–Kier alpha value is -2.91. The molecule has 0 spiro atoms. The fraction of sp³-hybridized carbons (Fsp3) is 0.300. The molecule has 2 aromatic rings. The minimum Gasteiger partial charge on any atom is -0.497 e. The van der Waals surface area contributed by atoms with Gasteiger partial charge in [0, 0.05) is 24.8 Å². The van der Waals surface area contributed by atoms with E-state index in [-0.39, 0.29) is 11.4 Å². The number of methoxy groups -OCH3 is 1. The van der Waals surface area contributed by atoms with Crippen molar-refractivity contribution in [2.24, 2.45) is 0 Å². The minimum absolute atomic E-state index is 0.0659. The molecule has 0 unspecified atom stereocenters. The van der Waals surface area contributed by atoms with Crippen LogP contribution in [0.15, 0.2) is 59.5 Å². The first-order valence-corrected chi connectivity index (χ1v) is 10.7. The molecule has 1 heterocycles. The van der Waals surface area contributed by atoms with Crippen molar-refractivity contribution in [2.45, 2.75) is 23.8 Å². The summed E-state index contributed by atoms with van der Waals surface area (Å²) in [6.45, 7) is 0.432. The SMILES string of the molecule is COc1ccc(S(=O)(=O)N2CCC[C@H]2CNC(=O)C(=O)Nc2ccccc2)cc1. The van der Waals surface area contributed by atoms with Gasteiger partial charge >= 0.3 is 11.8 Å². The summed E-state index contributed by atoms with van der Waals surface area (Å²) in [5.41, 5.74) is 0.511. The van der Waals surface area contributed by atoms with E-state index in [0.29, 0.717) is 30.8 Å². The third-order valence-corrected chi connectivity index (χ3v) is 6.69. The quantitative estimate of drug-likeness (QED) is 0.695. The monoisotopic (exact) mass is 417 g/mol. The number of hydrogen-bond donors (Lipinski definition) is 2. The molecular weight excluding hydrogens is 394 g/mol. The summed E-state index contributed by atoms with van der Waals surface area (Å²) >= 11 is 0. The molecule has 2 aromatic carbocycles. The van der Waals surface area contributed by atoms with Crippen molar-refractivity contribution in [3.63, 3.8) is 0 Å². The number of nitrogens with zero attached hydrogens (tertiary/aromatic N) is 1. The number of nitrogens with one attached hydrogen (secondary N) is 2. The zero-order chi connectivity index (χ0) is 20.9. The first-order valence-electron chi connectivity index (χ1n) is 9.22. The topological polar surface area (TPSA) is 105 Å².